The van der Waals surface area contributed by atoms with Gasteiger partial charge in [-0.1, -0.05) is 49.7 Å². The van der Waals surface area contributed by atoms with Crippen molar-refractivity contribution in [1.29, 1.82) is 0 Å². The normalized spacial score (nSPS) is 14.6. The summed E-state index contributed by atoms with van der Waals surface area (Å²) in [7, 11) is 0. The van der Waals surface area contributed by atoms with Gasteiger partial charge in [-0.3, -0.25) is 0 Å². The molecule has 3 rings (SSSR count). The Hall–Kier alpha value is -1.61. The first kappa shape index (κ1) is 13.4. The predicted octanol–water partition coefficient (Wildman–Crippen LogP) is 3.83. The smallest absolute Gasteiger partial charge is 0.135 e. The van der Waals surface area contributed by atoms with Crippen LogP contribution in [-0.2, 0) is 12.8 Å². The zero-order valence-electron chi connectivity index (χ0n) is 11.7. The minimum Gasteiger partial charge on any atom is -0.367 e. The Morgan fingerprint density at radius 1 is 1.15 bits per heavy atom. The zero-order valence-corrected chi connectivity index (χ0v) is 12.5. The second kappa shape index (κ2) is 5.41. The molecule has 0 unspecified atom stereocenters. The number of hydrogen-bond donors (Lipinski definition) is 1. The Morgan fingerprint density at radius 2 is 1.80 bits per heavy atom. The highest BCUT2D eigenvalue weighted by atomic mass is 35.5. The number of benzene rings is 1. The first-order valence-corrected chi connectivity index (χ1v) is 7.37. The molecule has 1 heterocycles. The molecule has 0 amide bonds. The Labute approximate surface area is 124 Å². The molecule has 0 spiro atoms. The number of nitrogens with one attached hydrogen (secondary N) is 1. The first-order valence-electron chi connectivity index (χ1n) is 6.99. The van der Waals surface area contributed by atoms with Gasteiger partial charge in [-0.05, 0) is 24.0 Å². The summed E-state index contributed by atoms with van der Waals surface area (Å²) in [6.07, 6.45) is 2.07. The lowest BCUT2D eigenvalue weighted by Crippen LogP contribution is -2.20. The maximum Gasteiger partial charge on any atom is 0.135 e. The van der Waals surface area contributed by atoms with Crippen molar-refractivity contribution in [3.05, 3.63) is 52.4 Å². The Kier molecular flexibility index (Phi) is 3.62. The third-order valence-corrected chi connectivity index (χ3v) is 3.83. The summed E-state index contributed by atoms with van der Waals surface area (Å²) in [5.74, 6) is 1.89. The van der Waals surface area contributed by atoms with Crippen LogP contribution in [0.25, 0.3) is 0 Å². The summed E-state index contributed by atoms with van der Waals surface area (Å²) in [5, 5.41) is 3.99. The molecule has 0 radical (unpaired) electrons. The second-order valence-corrected chi connectivity index (χ2v) is 5.99. The van der Waals surface area contributed by atoms with Gasteiger partial charge in [0.1, 0.15) is 16.8 Å². The van der Waals surface area contributed by atoms with Crippen LogP contribution < -0.4 is 5.32 Å². The molecule has 1 aromatic carbocycles. The van der Waals surface area contributed by atoms with Gasteiger partial charge in [-0.2, -0.15) is 0 Å². The lowest BCUT2D eigenvalue weighted by atomic mass is 10.1. The van der Waals surface area contributed by atoms with Crippen molar-refractivity contribution in [2.24, 2.45) is 0 Å². The van der Waals surface area contributed by atoms with Crippen LogP contribution in [0.1, 0.15) is 36.7 Å². The number of fused-ring (bicyclic) bond motifs is 1. The maximum absolute atomic E-state index is 6.08. The molecule has 1 aliphatic rings. The van der Waals surface area contributed by atoms with Crippen molar-refractivity contribution in [3.8, 4) is 0 Å². The summed E-state index contributed by atoms with van der Waals surface area (Å²) >= 11 is 6.08. The SMILES string of the molecule is CC(C)c1nc(Cl)cc(NC2Cc3ccccc3C2)n1. The molecular weight excluding hydrogens is 270 g/mol. The van der Waals surface area contributed by atoms with Gasteiger partial charge in [-0.25, -0.2) is 9.97 Å². The fourth-order valence-electron chi connectivity index (χ4n) is 2.64. The summed E-state index contributed by atoms with van der Waals surface area (Å²) in [6, 6.07) is 10.8. The summed E-state index contributed by atoms with van der Waals surface area (Å²) in [4.78, 5) is 8.81. The van der Waals surface area contributed by atoms with Gasteiger partial charge in [0.05, 0.1) is 0 Å². The van der Waals surface area contributed by atoms with E-state index in [4.69, 9.17) is 11.6 Å². The monoisotopic (exact) mass is 287 g/mol. The highest BCUT2D eigenvalue weighted by Gasteiger charge is 2.21. The number of nitrogens with zero attached hydrogens (tertiary/aromatic N) is 2. The van der Waals surface area contributed by atoms with E-state index in [-0.39, 0.29) is 5.92 Å². The van der Waals surface area contributed by atoms with Gasteiger partial charge in [0.15, 0.2) is 0 Å². The van der Waals surface area contributed by atoms with E-state index in [0.29, 0.717) is 11.2 Å². The summed E-state index contributed by atoms with van der Waals surface area (Å²) in [6.45, 7) is 4.14. The van der Waals surface area contributed by atoms with Crippen molar-refractivity contribution in [1.82, 2.24) is 9.97 Å². The van der Waals surface area contributed by atoms with Gasteiger partial charge in [0.2, 0.25) is 0 Å². The van der Waals surface area contributed by atoms with Gasteiger partial charge in [0, 0.05) is 18.0 Å². The van der Waals surface area contributed by atoms with E-state index in [1.165, 1.54) is 11.1 Å². The van der Waals surface area contributed by atoms with E-state index in [9.17, 15) is 0 Å². The maximum atomic E-state index is 6.08. The van der Waals surface area contributed by atoms with Crippen LogP contribution in [0.2, 0.25) is 5.15 Å². The molecule has 0 aliphatic heterocycles. The molecule has 0 fully saturated rings. The van der Waals surface area contributed by atoms with E-state index in [0.717, 1.165) is 24.5 Å². The van der Waals surface area contributed by atoms with Crippen molar-refractivity contribution >= 4 is 17.4 Å². The van der Waals surface area contributed by atoms with E-state index in [1.807, 2.05) is 0 Å². The highest BCUT2D eigenvalue weighted by molar-refractivity contribution is 6.29. The number of rotatable bonds is 3. The predicted molar refractivity (Wildman–Crippen MR) is 82.4 cm³/mol. The standard InChI is InChI=1S/C16H18ClN3/c1-10(2)16-19-14(17)9-15(20-16)18-13-7-11-5-3-4-6-12(11)8-13/h3-6,9-10,13H,7-8H2,1-2H3,(H,18,19,20). The highest BCUT2D eigenvalue weighted by Crippen LogP contribution is 2.25. The average Bonchev–Trinajstić information content (AvgIpc) is 2.79. The van der Waals surface area contributed by atoms with Crippen molar-refractivity contribution in [3.63, 3.8) is 0 Å². The Balaban J connectivity index is 1.77. The molecule has 0 bridgehead atoms. The fraction of sp³-hybridized carbons (Fsp3) is 0.375. The van der Waals surface area contributed by atoms with Crippen LogP contribution in [0.3, 0.4) is 0 Å². The van der Waals surface area contributed by atoms with Gasteiger partial charge >= 0.3 is 0 Å². The average molecular weight is 288 g/mol. The van der Waals surface area contributed by atoms with Crippen molar-refractivity contribution < 1.29 is 0 Å². The Morgan fingerprint density at radius 3 is 2.40 bits per heavy atom. The third kappa shape index (κ3) is 2.78. The molecule has 2 aromatic rings. The van der Waals surface area contributed by atoms with E-state index in [1.54, 1.807) is 6.07 Å². The van der Waals surface area contributed by atoms with Crippen LogP contribution in [0.5, 0.6) is 0 Å². The van der Waals surface area contributed by atoms with Crippen LogP contribution in [0, 0.1) is 0 Å². The topological polar surface area (TPSA) is 37.8 Å². The van der Waals surface area contributed by atoms with Crippen molar-refractivity contribution in [2.75, 3.05) is 5.32 Å². The molecule has 1 aromatic heterocycles. The molecule has 20 heavy (non-hydrogen) atoms. The van der Waals surface area contributed by atoms with Crippen LogP contribution in [0.4, 0.5) is 5.82 Å². The lowest BCUT2D eigenvalue weighted by molar-refractivity contribution is 0.746. The minimum absolute atomic E-state index is 0.273. The summed E-state index contributed by atoms with van der Waals surface area (Å²) in [5.41, 5.74) is 2.85. The van der Waals surface area contributed by atoms with Gasteiger partial charge in [-0.15, -0.1) is 0 Å². The molecule has 104 valence electrons. The number of aromatic nitrogens is 2. The first-order chi connectivity index (χ1) is 9.61. The van der Waals surface area contributed by atoms with Gasteiger partial charge in [0.25, 0.3) is 0 Å². The molecular formula is C16H18ClN3. The molecule has 3 nitrogen and oxygen atoms in total. The van der Waals surface area contributed by atoms with Crippen LogP contribution in [-0.4, -0.2) is 16.0 Å². The molecule has 1 N–H and O–H groups in total. The number of halogens is 1. The number of hydrogen-bond acceptors (Lipinski definition) is 3. The van der Waals surface area contributed by atoms with E-state index >= 15 is 0 Å². The molecule has 0 atom stereocenters. The van der Waals surface area contributed by atoms with Crippen LogP contribution >= 0.6 is 11.6 Å². The number of anilines is 1. The summed E-state index contributed by atoms with van der Waals surface area (Å²) < 4.78 is 0. The minimum atomic E-state index is 0.273. The Bertz CT molecular complexity index is 600. The molecule has 0 saturated heterocycles. The van der Waals surface area contributed by atoms with Crippen LogP contribution in [0.15, 0.2) is 30.3 Å². The molecule has 1 aliphatic carbocycles. The molecule has 4 heteroatoms. The quantitative estimate of drug-likeness (QED) is 0.872. The zero-order chi connectivity index (χ0) is 14.1. The van der Waals surface area contributed by atoms with Gasteiger partial charge < -0.3 is 5.32 Å². The van der Waals surface area contributed by atoms with E-state index in [2.05, 4.69) is 53.4 Å². The fourth-order valence-corrected chi connectivity index (χ4v) is 2.83. The lowest BCUT2D eigenvalue weighted by Gasteiger charge is -2.14. The van der Waals surface area contributed by atoms with E-state index < -0.39 is 0 Å². The third-order valence-electron chi connectivity index (χ3n) is 3.63. The second-order valence-electron chi connectivity index (χ2n) is 5.61. The largest absolute Gasteiger partial charge is 0.367 e. The van der Waals surface area contributed by atoms with Crippen molar-refractivity contribution in [2.45, 2.75) is 38.6 Å². The molecule has 0 saturated carbocycles.